The van der Waals surface area contributed by atoms with Gasteiger partial charge in [-0.15, -0.1) is 24.0 Å². The highest BCUT2D eigenvalue weighted by atomic mass is 127. The molecule has 2 aliphatic carbocycles. The second-order valence-electron chi connectivity index (χ2n) is 24.7. The molecule has 18 nitrogen and oxygen atoms in total. The van der Waals surface area contributed by atoms with Gasteiger partial charge in [0.15, 0.2) is 0 Å². The normalized spacial score (nSPS) is 15.9. The van der Waals surface area contributed by atoms with E-state index in [-0.39, 0.29) is 98.4 Å². The smallest absolute Gasteiger partial charge is 0.497 e. The number of hydrogen-bond donors (Lipinski definition) is 4. The minimum absolute atomic E-state index is 0. The van der Waals surface area contributed by atoms with Crippen LogP contribution in [0.15, 0.2) is 142 Å². The van der Waals surface area contributed by atoms with E-state index in [4.69, 9.17) is 34.7 Å². The van der Waals surface area contributed by atoms with E-state index in [1.54, 1.807) is 42.5 Å². The molecule has 506 valence electrons. The van der Waals surface area contributed by atoms with Crippen molar-refractivity contribution in [2.75, 3.05) is 49.3 Å². The maximum Gasteiger partial charge on any atom is 0.497 e. The number of aromatic nitrogens is 2. The number of pyridine rings is 2. The monoisotopic (exact) mass is 1500 g/mol. The lowest BCUT2D eigenvalue weighted by Gasteiger charge is -2.32. The molecule has 0 radical (unpaired) electrons. The maximum absolute atomic E-state index is 14.5. The molecule has 0 spiro atoms. The summed E-state index contributed by atoms with van der Waals surface area (Å²) in [6, 6.07) is 33.5. The summed E-state index contributed by atoms with van der Waals surface area (Å²) < 4.78 is 133. The summed E-state index contributed by atoms with van der Waals surface area (Å²) in [7, 11) is -2.53. The van der Waals surface area contributed by atoms with Crippen molar-refractivity contribution < 1.29 is 72.3 Å². The van der Waals surface area contributed by atoms with Gasteiger partial charge in [-0.1, -0.05) is 35.9 Å². The van der Waals surface area contributed by atoms with Gasteiger partial charge in [-0.2, -0.15) is 0 Å². The van der Waals surface area contributed by atoms with Crippen molar-refractivity contribution in [2.45, 2.75) is 76.4 Å². The molecule has 2 atom stereocenters. The Morgan fingerprint density at radius 2 is 1.01 bits per heavy atom. The Morgan fingerprint density at radius 1 is 0.588 bits per heavy atom. The van der Waals surface area contributed by atoms with Crippen LogP contribution >= 0.6 is 35.6 Å². The molecule has 2 amide bonds. The molecule has 4 N–H and O–H groups in total. The summed E-state index contributed by atoms with van der Waals surface area (Å²) in [5, 5.41) is 27.0. The number of nitrogens with one attached hydrogen (secondary N) is 2. The average Bonchev–Trinajstić information content (AvgIpc) is 1.63. The molecular weight excluding hydrogens is 1430 g/mol. The fourth-order valence-corrected chi connectivity index (χ4v) is 13.3. The molecule has 97 heavy (non-hydrogen) atoms. The number of aromatic hydroxyl groups is 2. The summed E-state index contributed by atoms with van der Waals surface area (Å²) in [5.74, 6) is -2.06. The zero-order chi connectivity index (χ0) is 69.2. The molecule has 13 rings (SSSR count). The lowest BCUT2D eigenvalue weighted by molar-refractivity contribution is 0.00578. The van der Waals surface area contributed by atoms with Crippen LogP contribution in [0, 0.1) is 23.3 Å². The van der Waals surface area contributed by atoms with Crippen molar-refractivity contribution in [3.63, 3.8) is 0 Å². The van der Waals surface area contributed by atoms with Crippen LogP contribution in [-0.2, 0) is 55.0 Å². The number of furan rings is 2. The molecular formula is C70H67BClF4IN6O12S2. The molecule has 10 aromatic rings. The van der Waals surface area contributed by atoms with Crippen LogP contribution in [0.2, 0.25) is 5.15 Å². The molecule has 6 aromatic carbocycles. The number of amides is 2. The fourth-order valence-electron chi connectivity index (χ4n) is 12.1. The number of anilines is 2. The van der Waals surface area contributed by atoms with Gasteiger partial charge in [0.2, 0.25) is 20.0 Å². The number of carbonyl (C=O) groups is 2. The summed E-state index contributed by atoms with van der Waals surface area (Å²) in [5.41, 5.74) is 6.23. The van der Waals surface area contributed by atoms with E-state index in [0.717, 1.165) is 37.8 Å². The zero-order valence-electron chi connectivity index (χ0n) is 54.1. The molecule has 1 aliphatic heterocycles. The maximum atomic E-state index is 14.5. The molecule has 27 heteroatoms. The van der Waals surface area contributed by atoms with Crippen LogP contribution in [0.1, 0.15) is 93.9 Å². The third-order valence-electron chi connectivity index (χ3n) is 18.0. The molecule has 5 heterocycles. The van der Waals surface area contributed by atoms with Gasteiger partial charge >= 0.3 is 7.12 Å². The number of halogens is 6. The average molecular weight is 1500 g/mol. The molecule has 0 saturated carbocycles. The Kier molecular flexibility index (Phi) is 20.1. The van der Waals surface area contributed by atoms with Crippen molar-refractivity contribution in [1.29, 1.82) is 0 Å². The van der Waals surface area contributed by atoms with E-state index in [1.807, 2.05) is 39.8 Å². The summed E-state index contributed by atoms with van der Waals surface area (Å²) in [6.07, 6.45) is 4.23. The number of hydrogen-bond acceptors (Lipinski definition) is 14. The Labute approximate surface area is 580 Å². The number of fused-ring (bicyclic) bond motifs is 4. The Hall–Kier alpha value is -8.54. The SMILES string of the molecule is CNC(=O)c1c(-c2ccc(F)cc2)oc2cc(N(C)S(C)(=O)=O)c(-c3ccc(O)c(C4Cc5cccc(F)c5C4)n3)cc12.CNC(=O)c1c(-c2ccc(F)cc2)oc2cc(N(C)S(C)(=O)=O)c(B3OC(C)(C)C(C)(C)O3)cc12.I.Oc1ccc(Cl)nc1C1Cc2cccc(F)c2C1. The second kappa shape index (κ2) is 27.4. The van der Waals surface area contributed by atoms with Crippen molar-refractivity contribution in [1.82, 2.24) is 20.6 Å². The number of sulfonamides is 2. The lowest BCUT2D eigenvalue weighted by Crippen LogP contribution is -2.41. The van der Waals surface area contributed by atoms with E-state index in [9.17, 15) is 54.2 Å². The van der Waals surface area contributed by atoms with Crippen molar-refractivity contribution in [3.8, 4) is 45.4 Å². The standard InChI is InChI=1S/C32H27F2N3O5S.C24H28BFN2O6S.C14H11ClFNO.HI/c1-35-32(39)29-23-15-22(25-11-12-27(38)30(36-25)19-13-18-5-4-6-24(34)21(18)14-19)26(37(2)43(3,40)41)16-28(23)42-31(29)17-7-9-20(33)10-8-17;1-23(2)24(3,4)34-25(33-23)17-12-16-19(13-18(17)28(6)35(7,30)31)32-21(20(16)22(29)27-5)14-8-10-15(26)11-9-14;15-13-5-4-12(18)14(17-13)9-6-8-2-1-3-11(16)10(8)7-9;/h4-12,15-16,19,38H,13-14H2,1-3H3,(H,35,39);8-13H,1-7H3,(H,27,29);1-5,9,18H,6-7H2;1H. The quantitative estimate of drug-likeness (QED) is 0.0385. The van der Waals surface area contributed by atoms with Gasteiger partial charge in [-0.05, 0) is 173 Å². The van der Waals surface area contributed by atoms with Crippen molar-refractivity contribution >= 4 is 113 Å². The molecule has 3 aliphatic rings. The van der Waals surface area contributed by atoms with Crippen LogP contribution in [-0.4, -0.2) is 108 Å². The highest BCUT2D eigenvalue weighted by molar-refractivity contribution is 14.0. The van der Waals surface area contributed by atoms with Gasteiger partial charge in [0.25, 0.3) is 11.8 Å². The van der Waals surface area contributed by atoms with Gasteiger partial charge in [0, 0.05) is 85.1 Å². The van der Waals surface area contributed by atoms with E-state index < -0.39 is 61.8 Å². The first-order chi connectivity index (χ1) is 45.3. The number of rotatable bonds is 12. The van der Waals surface area contributed by atoms with Crippen LogP contribution in [0.3, 0.4) is 0 Å². The minimum Gasteiger partial charge on any atom is -0.506 e. The predicted octanol–water partition coefficient (Wildman–Crippen LogP) is 13.2. The van der Waals surface area contributed by atoms with E-state index >= 15 is 0 Å². The van der Waals surface area contributed by atoms with Gasteiger partial charge in [0.1, 0.15) is 62.6 Å². The van der Waals surface area contributed by atoms with Crippen LogP contribution in [0.25, 0.3) is 55.8 Å². The molecule has 0 bridgehead atoms. The number of carbonyl (C=O) groups excluding carboxylic acids is 2. The summed E-state index contributed by atoms with van der Waals surface area (Å²) >= 11 is 5.84. The Balaban J connectivity index is 0.000000169. The van der Waals surface area contributed by atoms with Crippen LogP contribution in [0.5, 0.6) is 11.5 Å². The second-order valence-corrected chi connectivity index (χ2v) is 29.1. The molecule has 4 aromatic heterocycles. The topological polar surface area (TPSA) is 244 Å². The van der Waals surface area contributed by atoms with Crippen LogP contribution < -0.4 is 24.7 Å². The van der Waals surface area contributed by atoms with E-state index in [1.165, 1.54) is 107 Å². The fraction of sp³-hybridized carbons (Fsp3) is 0.257. The van der Waals surface area contributed by atoms with Gasteiger partial charge in [0.05, 0.1) is 63.3 Å². The first-order valence-electron chi connectivity index (χ1n) is 30.3. The molecule has 1 saturated heterocycles. The zero-order valence-corrected chi connectivity index (χ0v) is 58.9. The molecule has 1 fully saturated rings. The first-order valence-corrected chi connectivity index (χ1v) is 34.3. The molecule has 2 unspecified atom stereocenters. The predicted molar refractivity (Wildman–Crippen MR) is 377 cm³/mol. The van der Waals surface area contributed by atoms with Crippen molar-refractivity contribution in [3.05, 3.63) is 207 Å². The minimum atomic E-state index is -3.76. The van der Waals surface area contributed by atoms with E-state index in [0.29, 0.717) is 92.1 Å². The number of benzene rings is 6. The Bertz CT molecular complexity index is 4970. The van der Waals surface area contributed by atoms with E-state index in [2.05, 4.69) is 15.6 Å². The highest BCUT2D eigenvalue weighted by Gasteiger charge is 2.53. The van der Waals surface area contributed by atoms with Crippen LogP contribution in [0.4, 0.5) is 28.9 Å². The lowest BCUT2D eigenvalue weighted by atomic mass is 9.77. The van der Waals surface area contributed by atoms with Crippen molar-refractivity contribution in [2.24, 2.45) is 0 Å². The Morgan fingerprint density at radius 3 is 1.45 bits per heavy atom. The van der Waals surface area contributed by atoms with Gasteiger partial charge < -0.3 is 39.0 Å². The first kappa shape index (κ1) is 71.2. The third kappa shape index (κ3) is 14.2. The van der Waals surface area contributed by atoms with Gasteiger partial charge in [-0.25, -0.2) is 44.4 Å². The largest absolute Gasteiger partial charge is 0.506 e. The highest BCUT2D eigenvalue weighted by Crippen LogP contribution is 2.46. The third-order valence-corrected chi connectivity index (χ3v) is 20.6. The summed E-state index contributed by atoms with van der Waals surface area (Å²) in [6.45, 7) is 7.58. The summed E-state index contributed by atoms with van der Waals surface area (Å²) in [4.78, 5) is 35.0. The van der Waals surface area contributed by atoms with Gasteiger partial charge in [-0.3, -0.25) is 18.2 Å². The number of nitrogens with zero attached hydrogens (tertiary/aromatic N) is 4.